The molecule has 0 aliphatic carbocycles. The molecule has 0 radical (unpaired) electrons. The van der Waals surface area contributed by atoms with E-state index in [0.717, 1.165) is 4.90 Å². The van der Waals surface area contributed by atoms with Gasteiger partial charge in [-0.05, 0) is 60.7 Å². The van der Waals surface area contributed by atoms with Crippen LogP contribution in [0.5, 0.6) is 5.75 Å². The quantitative estimate of drug-likeness (QED) is 0.393. The molecule has 1 aliphatic rings. The lowest BCUT2D eigenvalue weighted by molar-refractivity contribution is -0.119. The summed E-state index contributed by atoms with van der Waals surface area (Å²) in [5, 5.41) is 3.06. The first-order valence-electron chi connectivity index (χ1n) is 9.87. The van der Waals surface area contributed by atoms with Crippen molar-refractivity contribution in [3.8, 4) is 5.75 Å². The highest BCUT2D eigenvalue weighted by molar-refractivity contribution is 6.42. The Balaban J connectivity index is 1.43. The van der Waals surface area contributed by atoms with E-state index in [4.69, 9.17) is 32.7 Å². The molecule has 0 spiro atoms. The number of imide groups is 1. The Morgan fingerprint density at radius 2 is 1.59 bits per heavy atom. The number of methoxy groups -OCH3 is 1. The average molecular weight is 499 g/mol. The van der Waals surface area contributed by atoms with Crippen molar-refractivity contribution in [1.29, 1.82) is 0 Å². The Hall–Kier alpha value is -3.88. The van der Waals surface area contributed by atoms with Gasteiger partial charge in [-0.1, -0.05) is 23.2 Å². The van der Waals surface area contributed by atoms with Crippen LogP contribution in [0.4, 0.5) is 11.4 Å². The molecule has 1 N–H and O–H groups in total. The number of anilines is 2. The molecule has 8 nitrogen and oxygen atoms in total. The van der Waals surface area contributed by atoms with Crippen LogP contribution in [0, 0.1) is 0 Å². The lowest BCUT2D eigenvalue weighted by Gasteiger charge is -2.14. The zero-order valence-electron chi connectivity index (χ0n) is 17.6. The van der Waals surface area contributed by atoms with Crippen LogP contribution in [-0.2, 0) is 9.53 Å². The standard InChI is InChI=1S/C24H16Cl2N2O6/c1-33-16-6-3-14(4-7-16)27-21(29)12-34-24(32)13-2-8-17-18(10-13)23(31)28(22(17)30)15-5-9-19(25)20(26)11-15/h2-11H,12H2,1H3,(H,27,29). The second-order valence-electron chi connectivity index (χ2n) is 7.16. The van der Waals surface area contributed by atoms with Gasteiger partial charge in [-0.2, -0.15) is 0 Å². The minimum absolute atomic E-state index is 0.0214. The Morgan fingerprint density at radius 3 is 2.26 bits per heavy atom. The minimum atomic E-state index is -0.819. The summed E-state index contributed by atoms with van der Waals surface area (Å²) in [6.45, 7) is -0.537. The summed E-state index contributed by atoms with van der Waals surface area (Å²) in [7, 11) is 1.53. The van der Waals surface area contributed by atoms with Crippen LogP contribution in [0.25, 0.3) is 0 Å². The number of benzene rings is 3. The van der Waals surface area contributed by atoms with Gasteiger partial charge in [0.2, 0.25) is 0 Å². The number of hydrogen-bond acceptors (Lipinski definition) is 6. The number of nitrogens with zero attached hydrogens (tertiary/aromatic N) is 1. The SMILES string of the molecule is COc1ccc(NC(=O)COC(=O)c2ccc3c(c2)C(=O)N(c2ccc(Cl)c(Cl)c2)C3=O)cc1. The molecule has 0 saturated heterocycles. The van der Waals surface area contributed by atoms with Crippen LogP contribution in [0.2, 0.25) is 10.0 Å². The summed E-state index contributed by atoms with van der Waals surface area (Å²) in [5.74, 6) is -1.91. The summed E-state index contributed by atoms with van der Waals surface area (Å²) in [6.07, 6.45) is 0. The van der Waals surface area contributed by atoms with Crippen LogP contribution in [0.3, 0.4) is 0 Å². The van der Waals surface area contributed by atoms with E-state index in [1.54, 1.807) is 24.3 Å². The average Bonchev–Trinajstić information content (AvgIpc) is 3.09. The number of amides is 3. The molecule has 0 unspecified atom stereocenters. The highest BCUT2D eigenvalue weighted by Gasteiger charge is 2.37. The van der Waals surface area contributed by atoms with E-state index < -0.39 is 30.3 Å². The fraction of sp³-hybridized carbons (Fsp3) is 0.0833. The first-order valence-corrected chi connectivity index (χ1v) is 10.6. The Labute approximate surface area is 204 Å². The lowest BCUT2D eigenvalue weighted by atomic mass is 10.1. The third-order valence-corrected chi connectivity index (χ3v) is 5.73. The van der Waals surface area contributed by atoms with Crippen molar-refractivity contribution < 1.29 is 28.7 Å². The van der Waals surface area contributed by atoms with E-state index in [1.807, 2.05) is 0 Å². The van der Waals surface area contributed by atoms with Gasteiger partial charge >= 0.3 is 5.97 Å². The molecule has 0 bridgehead atoms. The molecule has 172 valence electrons. The van der Waals surface area contributed by atoms with Gasteiger partial charge in [-0.25, -0.2) is 9.69 Å². The van der Waals surface area contributed by atoms with Gasteiger partial charge < -0.3 is 14.8 Å². The summed E-state index contributed by atoms with van der Waals surface area (Å²) in [4.78, 5) is 51.1. The number of carbonyl (C=O) groups excluding carboxylic acids is 4. The maximum absolute atomic E-state index is 12.9. The molecule has 1 heterocycles. The predicted molar refractivity (Wildman–Crippen MR) is 126 cm³/mol. The number of esters is 1. The van der Waals surface area contributed by atoms with Crippen molar-refractivity contribution in [1.82, 2.24) is 0 Å². The highest BCUT2D eigenvalue weighted by Crippen LogP contribution is 2.33. The van der Waals surface area contributed by atoms with Gasteiger partial charge in [-0.15, -0.1) is 0 Å². The van der Waals surface area contributed by atoms with Crippen LogP contribution >= 0.6 is 23.2 Å². The van der Waals surface area contributed by atoms with Crippen molar-refractivity contribution in [2.45, 2.75) is 0 Å². The zero-order chi connectivity index (χ0) is 24.4. The summed E-state index contributed by atoms with van der Waals surface area (Å²) < 4.78 is 10.1. The molecule has 4 rings (SSSR count). The van der Waals surface area contributed by atoms with E-state index in [0.29, 0.717) is 11.4 Å². The highest BCUT2D eigenvalue weighted by atomic mass is 35.5. The Morgan fingerprint density at radius 1 is 0.882 bits per heavy atom. The largest absolute Gasteiger partial charge is 0.497 e. The molecule has 3 amide bonds. The van der Waals surface area contributed by atoms with Gasteiger partial charge in [0.15, 0.2) is 6.61 Å². The monoisotopic (exact) mass is 498 g/mol. The summed E-state index contributed by atoms with van der Waals surface area (Å²) >= 11 is 11.9. The number of hydrogen-bond donors (Lipinski definition) is 1. The second kappa shape index (κ2) is 9.54. The van der Waals surface area contributed by atoms with Gasteiger partial charge in [0, 0.05) is 5.69 Å². The van der Waals surface area contributed by atoms with E-state index in [9.17, 15) is 19.2 Å². The van der Waals surface area contributed by atoms with Crippen LogP contribution in [-0.4, -0.2) is 37.4 Å². The fourth-order valence-corrected chi connectivity index (χ4v) is 3.60. The topological polar surface area (TPSA) is 102 Å². The molecule has 0 aromatic heterocycles. The van der Waals surface area contributed by atoms with E-state index in [-0.39, 0.29) is 32.4 Å². The lowest BCUT2D eigenvalue weighted by Crippen LogP contribution is -2.29. The molecule has 3 aromatic rings. The molecule has 10 heteroatoms. The second-order valence-corrected chi connectivity index (χ2v) is 7.97. The number of carbonyl (C=O) groups is 4. The van der Waals surface area contributed by atoms with Gasteiger partial charge in [0.1, 0.15) is 5.75 Å². The van der Waals surface area contributed by atoms with Crippen molar-refractivity contribution >= 4 is 58.3 Å². The summed E-state index contributed by atoms with van der Waals surface area (Å²) in [5.41, 5.74) is 0.942. The van der Waals surface area contributed by atoms with Gasteiger partial charge in [0.05, 0.1) is 39.5 Å². The zero-order valence-corrected chi connectivity index (χ0v) is 19.1. The number of fused-ring (bicyclic) bond motifs is 1. The van der Waals surface area contributed by atoms with E-state index in [1.165, 1.54) is 43.5 Å². The maximum atomic E-state index is 12.9. The van der Waals surface area contributed by atoms with Crippen molar-refractivity contribution in [3.63, 3.8) is 0 Å². The number of rotatable bonds is 6. The molecular weight excluding hydrogens is 483 g/mol. The predicted octanol–water partition coefficient (Wildman–Crippen LogP) is 4.60. The number of halogens is 2. The van der Waals surface area contributed by atoms with Crippen LogP contribution in [0.15, 0.2) is 60.7 Å². The molecule has 0 saturated carbocycles. The third kappa shape index (κ3) is 4.59. The minimum Gasteiger partial charge on any atom is -0.497 e. The fourth-order valence-electron chi connectivity index (χ4n) is 3.31. The number of nitrogens with one attached hydrogen (secondary N) is 1. The van der Waals surface area contributed by atoms with Crippen molar-refractivity contribution in [2.24, 2.45) is 0 Å². The van der Waals surface area contributed by atoms with E-state index in [2.05, 4.69) is 5.32 Å². The first kappa shape index (κ1) is 23.3. The van der Waals surface area contributed by atoms with Gasteiger partial charge in [0.25, 0.3) is 17.7 Å². The molecule has 3 aromatic carbocycles. The third-order valence-electron chi connectivity index (χ3n) is 4.99. The Bertz CT molecular complexity index is 1320. The first-order chi connectivity index (χ1) is 16.3. The maximum Gasteiger partial charge on any atom is 0.338 e. The molecule has 0 atom stereocenters. The molecule has 0 fully saturated rings. The summed E-state index contributed by atoms with van der Waals surface area (Å²) in [6, 6.07) is 15.0. The Kier molecular flexibility index (Phi) is 6.54. The molecule has 34 heavy (non-hydrogen) atoms. The van der Waals surface area contributed by atoms with Crippen LogP contribution < -0.4 is 15.0 Å². The van der Waals surface area contributed by atoms with E-state index >= 15 is 0 Å². The van der Waals surface area contributed by atoms with Crippen molar-refractivity contribution in [3.05, 3.63) is 87.4 Å². The smallest absolute Gasteiger partial charge is 0.338 e. The normalized spacial score (nSPS) is 12.4. The molecule has 1 aliphatic heterocycles. The van der Waals surface area contributed by atoms with Gasteiger partial charge in [-0.3, -0.25) is 14.4 Å². The number of ether oxygens (including phenoxy) is 2. The molecular formula is C24H16Cl2N2O6. The van der Waals surface area contributed by atoms with Crippen molar-refractivity contribution in [2.75, 3.05) is 23.9 Å². The van der Waals surface area contributed by atoms with Crippen LogP contribution in [0.1, 0.15) is 31.1 Å².